The van der Waals surface area contributed by atoms with Crippen LogP contribution in [-0.2, 0) is 0 Å². The molecule has 1 heterocycles. The predicted octanol–water partition coefficient (Wildman–Crippen LogP) is 2.91. The van der Waals surface area contributed by atoms with Crippen molar-refractivity contribution in [2.24, 2.45) is 0 Å². The van der Waals surface area contributed by atoms with E-state index in [0.29, 0.717) is 10.9 Å². The first-order valence-corrected chi connectivity index (χ1v) is 5.37. The van der Waals surface area contributed by atoms with Crippen LogP contribution in [-0.4, -0.2) is 15.8 Å². The van der Waals surface area contributed by atoms with E-state index >= 15 is 0 Å². The fourth-order valence-corrected chi connectivity index (χ4v) is 1.67. The zero-order valence-corrected chi connectivity index (χ0v) is 8.60. The molecule has 0 aliphatic heterocycles. The van der Waals surface area contributed by atoms with Gasteiger partial charge in [-0.15, -0.1) is 11.8 Å². The van der Waals surface area contributed by atoms with Gasteiger partial charge in [0, 0.05) is 0 Å². The van der Waals surface area contributed by atoms with Gasteiger partial charge in [-0.2, -0.15) is 0 Å². The van der Waals surface area contributed by atoms with E-state index in [9.17, 15) is 0 Å². The molecular weight excluding hydrogens is 196 g/mol. The minimum absolute atomic E-state index is 0.392. The molecule has 0 aliphatic rings. The number of para-hydroxylation sites is 2. The maximum atomic E-state index is 7.67. The summed E-state index contributed by atoms with van der Waals surface area (Å²) in [5, 5.41) is 8.06. The number of oxazole rings is 1. The Morgan fingerprint density at radius 3 is 3.00 bits per heavy atom. The Kier molecular flexibility index (Phi) is 2.54. The summed E-state index contributed by atoms with van der Waals surface area (Å²) in [6.07, 6.45) is 0. The molecule has 3 nitrogen and oxygen atoms in total. The third-order valence-electron chi connectivity index (χ3n) is 1.78. The lowest BCUT2D eigenvalue weighted by Gasteiger charge is -1.92. The average molecular weight is 206 g/mol. The highest BCUT2D eigenvalue weighted by Gasteiger charge is 2.09. The summed E-state index contributed by atoms with van der Waals surface area (Å²) < 4.78 is 5.43. The zero-order valence-electron chi connectivity index (χ0n) is 7.78. The number of rotatable bonds is 2. The molecule has 0 radical (unpaired) electrons. The van der Waals surface area contributed by atoms with Crippen LogP contribution >= 0.6 is 11.8 Å². The van der Waals surface area contributed by atoms with Crippen LogP contribution in [0.5, 0.6) is 0 Å². The number of nitrogens with one attached hydrogen (secondary N) is 1. The maximum Gasteiger partial charge on any atom is 0.252 e. The summed E-state index contributed by atoms with van der Waals surface area (Å²) in [5.74, 6) is 1.27. The highest BCUT2D eigenvalue weighted by atomic mass is 32.2. The van der Waals surface area contributed by atoms with Crippen LogP contribution < -0.4 is 0 Å². The first-order chi connectivity index (χ1) is 6.81. The summed E-state index contributed by atoms with van der Waals surface area (Å²) in [4.78, 5) is 4.22. The van der Waals surface area contributed by atoms with Gasteiger partial charge >= 0.3 is 0 Å². The van der Waals surface area contributed by atoms with Gasteiger partial charge in [0.2, 0.25) is 0 Å². The Bertz CT molecular complexity index is 431. The van der Waals surface area contributed by atoms with Crippen LogP contribution in [0, 0.1) is 5.41 Å². The lowest BCUT2D eigenvalue weighted by Crippen LogP contribution is -1.93. The lowest BCUT2D eigenvalue weighted by molar-refractivity contribution is 0.592. The van der Waals surface area contributed by atoms with Crippen molar-refractivity contribution in [2.75, 3.05) is 5.75 Å². The highest BCUT2D eigenvalue weighted by Crippen LogP contribution is 2.18. The molecule has 1 N–H and O–H groups in total. The van der Waals surface area contributed by atoms with Gasteiger partial charge in [-0.3, -0.25) is 5.41 Å². The molecule has 0 bridgehead atoms. The second-order valence-electron chi connectivity index (χ2n) is 2.75. The fourth-order valence-electron chi connectivity index (χ4n) is 1.18. The van der Waals surface area contributed by atoms with Gasteiger partial charge in [-0.1, -0.05) is 19.1 Å². The van der Waals surface area contributed by atoms with E-state index in [2.05, 4.69) is 4.98 Å². The van der Waals surface area contributed by atoms with E-state index in [1.807, 2.05) is 31.2 Å². The minimum Gasteiger partial charge on any atom is -0.434 e. The van der Waals surface area contributed by atoms with Crippen LogP contribution in [0.2, 0.25) is 0 Å². The monoisotopic (exact) mass is 206 g/mol. The van der Waals surface area contributed by atoms with Crippen molar-refractivity contribution < 1.29 is 4.42 Å². The van der Waals surface area contributed by atoms with Gasteiger partial charge in [-0.05, 0) is 17.9 Å². The molecule has 0 spiro atoms. The average Bonchev–Trinajstić information content (AvgIpc) is 2.61. The Morgan fingerprint density at radius 2 is 2.29 bits per heavy atom. The fraction of sp³-hybridized carbons (Fsp3) is 0.200. The number of hydrogen-bond acceptors (Lipinski definition) is 4. The highest BCUT2D eigenvalue weighted by molar-refractivity contribution is 8.14. The Hall–Kier alpha value is -1.29. The van der Waals surface area contributed by atoms with E-state index in [1.165, 1.54) is 11.8 Å². The molecule has 0 saturated heterocycles. The van der Waals surface area contributed by atoms with Gasteiger partial charge in [-0.25, -0.2) is 4.98 Å². The van der Waals surface area contributed by atoms with Crippen LogP contribution in [0.3, 0.4) is 0 Å². The second-order valence-corrected chi connectivity index (χ2v) is 4.02. The van der Waals surface area contributed by atoms with Gasteiger partial charge in [0.05, 0.1) is 0 Å². The molecule has 1 aromatic carbocycles. The van der Waals surface area contributed by atoms with Crippen molar-refractivity contribution >= 4 is 27.9 Å². The summed E-state index contributed by atoms with van der Waals surface area (Å²) in [7, 11) is 0. The molecule has 0 fully saturated rings. The molecule has 0 unspecified atom stereocenters. The number of benzene rings is 1. The first-order valence-electron chi connectivity index (χ1n) is 4.38. The molecule has 1 aromatic heterocycles. The van der Waals surface area contributed by atoms with Crippen LogP contribution in [0.15, 0.2) is 28.7 Å². The number of nitrogens with zero attached hydrogens (tertiary/aromatic N) is 1. The van der Waals surface area contributed by atoms with Crippen LogP contribution in [0.25, 0.3) is 11.1 Å². The van der Waals surface area contributed by atoms with Gasteiger partial charge in [0.15, 0.2) is 10.6 Å². The molecule has 4 heteroatoms. The SMILES string of the molecule is CCSC(=N)c1nc2ccccc2o1. The van der Waals surface area contributed by atoms with Gasteiger partial charge < -0.3 is 4.42 Å². The molecule has 0 amide bonds. The van der Waals surface area contributed by atoms with Crippen molar-refractivity contribution in [2.45, 2.75) is 6.92 Å². The summed E-state index contributed by atoms with van der Waals surface area (Å²) in [5.41, 5.74) is 1.55. The Balaban J connectivity index is 2.40. The molecule has 14 heavy (non-hydrogen) atoms. The standard InChI is InChI=1S/C10H10N2OS/c1-2-14-9(11)10-12-7-5-3-4-6-8(7)13-10/h3-6,11H,2H2,1H3. The Labute approximate surface area is 86.0 Å². The van der Waals surface area contributed by atoms with Crippen LogP contribution in [0.4, 0.5) is 0 Å². The Morgan fingerprint density at radius 1 is 1.50 bits per heavy atom. The molecule has 72 valence electrons. The topological polar surface area (TPSA) is 49.9 Å². The third-order valence-corrected chi connectivity index (χ3v) is 2.53. The molecule has 2 rings (SSSR count). The first kappa shape index (κ1) is 9.27. The van der Waals surface area contributed by atoms with Gasteiger partial charge in [0.25, 0.3) is 5.89 Å². The summed E-state index contributed by atoms with van der Waals surface area (Å²) in [6, 6.07) is 7.54. The van der Waals surface area contributed by atoms with Gasteiger partial charge in [0.1, 0.15) is 5.52 Å². The largest absolute Gasteiger partial charge is 0.434 e. The maximum absolute atomic E-state index is 7.67. The number of aromatic nitrogens is 1. The lowest BCUT2D eigenvalue weighted by atomic mass is 10.3. The normalized spacial score (nSPS) is 10.6. The quantitative estimate of drug-likeness (QED) is 0.607. The number of thioether (sulfide) groups is 1. The van der Waals surface area contributed by atoms with E-state index in [4.69, 9.17) is 9.83 Å². The van der Waals surface area contributed by atoms with Crippen molar-refractivity contribution in [3.63, 3.8) is 0 Å². The molecular formula is C10H10N2OS. The van der Waals surface area contributed by atoms with Crippen LogP contribution in [0.1, 0.15) is 12.8 Å². The summed E-state index contributed by atoms with van der Waals surface area (Å²) >= 11 is 1.43. The number of hydrogen-bond donors (Lipinski definition) is 1. The third kappa shape index (κ3) is 1.65. The summed E-state index contributed by atoms with van der Waals surface area (Å²) in [6.45, 7) is 2.00. The van der Waals surface area contributed by atoms with Crippen molar-refractivity contribution in [3.8, 4) is 0 Å². The molecule has 0 saturated carbocycles. The minimum atomic E-state index is 0.392. The predicted molar refractivity (Wildman–Crippen MR) is 59.0 cm³/mol. The molecule has 0 aliphatic carbocycles. The molecule has 0 atom stereocenters. The smallest absolute Gasteiger partial charge is 0.252 e. The van der Waals surface area contributed by atoms with E-state index in [1.54, 1.807) is 0 Å². The van der Waals surface area contributed by atoms with E-state index < -0.39 is 0 Å². The van der Waals surface area contributed by atoms with E-state index in [0.717, 1.165) is 16.9 Å². The second kappa shape index (κ2) is 3.84. The molecule has 2 aromatic rings. The zero-order chi connectivity index (χ0) is 9.97. The van der Waals surface area contributed by atoms with Crippen molar-refractivity contribution in [1.29, 1.82) is 5.41 Å². The van der Waals surface area contributed by atoms with Crippen molar-refractivity contribution in [1.82, 2.24) is 4.98 Å². The van der Waals surface area contributed by atoms with Crippen molar-refractivity contribution in [3.05, 3.63) is 30.2 Å². The van der Waals surface area contributed by atoms with E-state index in [-0.39, 0.29) is 0 Å². The number of fused-ring (bicyclic) bond motifs is 1.